The molecule has 1 amide bonds. The molecule has 2 aromatic carbocycles. The second-order valence-corrected chi connectivity index (χ2v) is 12.4. The molecule has 9 nitrogen and oxygen atoms in total. The molecule has 0 aliphatic carbocycles. The molecule has 6 N–H and O–H groups in total. The van der Waals surface area contributed by atoms with Crippen LogP contribution in [0.25, 0.3) is 0 Å². The van der Waals surface area contributed by atoms with Crippen LogP contribution in [0.2, 0.25) is 6.82 Å². The quantitative estimate of drug-likeness (QED) is 0.108. The van der Waals surface area contributed by atoms with Crippen molar-refractivity contribution in [1.82, 2.24) is 10.1 Å². The summed E-state index contributed by atoms with van der Waals surface area (Å²) in [6.07, 6.45) is 7.41. The number of benzene rings is 2. The zero-order chi connectivity index (χ0) is 36.8. The highest BCUT2D eigenvalue weighted by Gasteiger charge is 2.44. The molecular formula is C38H56B2N2O7. The zero-order valence-corrected chi connectivity index (χ0v) is 30.2. The van der Waals surface area contributed by atoms with Gasteiger partial charge in [0.25, 0.3) is 0 Å². The van der Waals surface area contributed by atoms with Crippen molar-refractivity contribution in [2.24, 2.45) is 0 Å². The van der Waals surface area contributed by atoms with Crippen LogP contribution in [0, 0.1) is 23.7 Å². The smallest absolute Gasteiger partial charge is 0.374 e. The Kier molecular flexibility index (Phi) is 21.6. The number of amides is 1. The summed E-state index contributed by atoms with van der Waals surface area (Å²) in [6.45, 7) is 9.32. The monoisotopic (exact) mass is 674 g/mol. The van der Waals surface area contributed by atoms with Gasteiger partial charge >= 0.3 is 7.05 Å². The number of hydrogen-bond donors (Lipinski definition) is 6. The highest BCUT2D eigenvalue weighted by molar-refractivity contribution is 6.57. The maximum Gasteiger partial charge on any atom is 0.374 e. The topological polar surface area (TPSA) is 143 Å². The van der Waals surface area contributed by atoms with Crippen molar-refractivity contribution in [2.75, 3.05) is 20.3 Å². The van der Waals surface area contributed by atoms with Crippen molar-refractivity contribution < 1.29 is 35.0 Å². The van der Waals surface area contributed by atoms with Gasteiger partial charge in [0.05, 0.1) is 25.3 Å². The Balaban J connectivity index is 0.000000470. The van der Waals surface area contributed by atoms with E-state index < -0.39 is 42.9 Å². The molecule has 266 valence electrons. The number of aliphatic hydroxyl groups excluding tert-OH is 4. The van der Waals surface area contributed by atoms with Crippen molar-refractivity contribution in [3.63, 3.8) is 0 Å². The first-order chi connectivity index (χ1) is 23.4. The van der Waals surface area contributed by atoms with E-state index >= 15 is 0 Å². The fourth-order valence-electron chi connectivity index (χ4n) is 5.23. The maximum absolute atomic E-state index is 11.7. The molecule has 1 fully saturated rings. The lowest BCUT2D eigenvalue weighted by Crippen LogP contribution is -2.51. The number of hydrogen-bond acceptors (Lipinski definition) is 8. The fourth-order valence-corrected chi connectivity index (χ4v) is 5.23. The van der Waals surface area contributed by atoms with E-state index in [2.05, 4.69) is 67.0 Å². The summed E-state index contributed by atoms with van der Waals surface area (Å²) in [5.74, 6) is 10.8. The summed E-state index contributed by atoms with van der Waals surface area (Å²) >= 11 is 0. The van der Waals surface area contributed by atoms with E-state index in [1.54, 1.807) is 13.8 Å². The minimum absolute atomic E-state index is 0.210. The van der Waals surface area contributed by atoms with Crippen LogP contribution in [0.4, 0.5) is 4.79 Å². The highest BCUT2D eigenvalue weighted by Crippen LogP contribution is 2.28. The SMILES string of the molecule is CCCCCc1ccc(C#C[C@H](O)[C@@H](CO)NB(C)O)cc1.CO.[B]C(=O)N1C([C@@H](O)C#Cc2ccc(CCCCC)cc2)COC1(C)C. The molecule has 0 bridgehead atoms. The van der Waals surface area contributed by atoms with Crippen LogP contribution in [-0.2, 0) is 17.6 Å². The first kappa shape index (κ1) is 43.9. The molecule has 2 aromatic rings. The van der Waals surface area contributed by atoms with Gasteiger partial charge in [-0.05, 0) is 81.7 Å². The third kappa shape index (κ3) is 16.4. The first-order valence-electron chi connectivity index (χ1n) is 17.2. The number of unbranched alkanes of at least 4 members (excludes halogenated alkanes) is 4. The molecule has 0 aromatic heterocycles. The third-order valence-corrected chi connectivity index (χ3v) is 7.93. The molecular weight excluding hydrogens is 618 g/mol. The van der Waals surface area contributed by atoms with Gasteiger partial charge in [0.15, 0.2) is 5.81 Å². The number of aryl methyl sites for hydroxylation is 2. The average molecular weight is 674 g/mol. The van der Waals surface area contributed by atoms with Gasteiger partial charge < -0.3 is 40.3 Å². The highest BCUT2D eigenvalue weighted by atomic mass is 16.5. The van der Waals surface area contributed by atoms with E-state index in [1.807, 2.05) is 24.3 Å². The van der Waals surface area contributed by atoms with Crippen molar-refractivity contribution >= 4 is 20.7 Å². The van der Waals surface area contributed by atoms with Gasteiger partial charge in [-0.15, -0.1) is 0 Å². The number of carbonyl (C=O) groups is 1. The van der Waals surface area contributed by atoms with Gasteiger partial charge in [-0.3, -0.25) is 4.79 Å². The number of ether oxygens (including phenoxy) is 1. The summed E-state index contributed by atoms with van der Waals surface area (Å²) < 4.78 is 5.56. The van der Waals surface area contributed by atoms with E-state index in [0.717, 1.165) is 31.1 Å². The molecule has 11 heteroatoms. The fraction of sp³-hybridized carbons (Fsp3) is 0.553. The molecule has 1 heterocycles. The first-order valence-corrected chi connectivity index (χ1v) is 17.2. The van der Waals surface area contributed by atoms with Crippen LogP contribution in [0.5, 0.6) is 0 Å². The van der Waals surface area contributed by atoms with Gasteiger partial charge in [-0.1, -0.05) is 87.5 Å². The maximum atomic E-state index is 11.7. The minimum atomic E-state index is -1.04. The average Bonchev–Trinajstić information content (AvgIpc) is 3.42. The van der Waals surface area contributed by atoms with Crippen LogP contribution in [0.1, 0.15) is 88.5 Å². The van der Waals surface area contributed by atoms with Crippen molar-refractivity contribution in [1.29, 1.82) is 0 Å². The third-order valence-electron chi connectivity index (χ3n) is 7.93. The van der Waals surface area contributed by atoms with Crippen molar-refractivity contribution in [2.45, 2.75) is 116 Å². The summed E-state index contributed by atoms with van der Waals surface area (Å²) in [5.41, 5.74) is 3.42. The number of aliphatic hydroxyl groups is 4. The van der Waals surface area contributed by atoms with Gasteiger partial charge in [-0.25, -0.2) is 0 Å². The zero-order valence-electron chi connectivity index (χ0n) is 30.2. The Morgan fingerprint density at radius 3 is 1.82 bits per heavy atom. The van der Waals surface area contributed by atoms with Crippen LogP contribution >= 0.6 is 0 Å². The summed E-state index contributed by atoms with van der Waals surface area (Å²) in [7, 11) is 5.61. The molecule has 3 rings (SSSR count). The molecule has 1 unspecified atom stereocenters. The predicted molar refractivity (Wildman–Crippen MR) is 198 cm³/mol. The molecule has 2 radical (unpaired) electrons. The normalized spacial score (nSPS) is 16.2. The lowest BCUT2D eigenvalue weighted by molar-refractivity contribution is -0.0300. The lowest BCUT2D eigenvalue weighted by atomic mass is 9.86. The number of nitrogens with zero attached hydrogens (tertiary/aromatic N) is 1. The second-order valence-electron chi connectivity index (χ2n) is 12.4. The van der Waals surface area contributed by atoms with Gasteiger partial charge in [-0.2, -0.15) is 0 Å². The molecule has 49 heavy (non-hydrogen) atoms. The van der Waals surface area contributed by atoms with E-state index in [1.165, 1.54) is 61.4 Å². The Bertz CT molecular complexity index is 1330. The van der Waals surface area contributed by atoms with Gasteiger partial charge in [0.2, 0.25) is 7.85 Å². The van der Waals surface area contributed by atoms with Crippen LogP contribution in [0.3, 0.4) is 0 Å². The predicted octanol–water partition coefficient (Wildman–Crippen LogP) is 3.66. The van der Waals surface area contributed by atoms with Crippen LogP contribution < -0.4 is 5.23 Å². The lowest BCUT2D eigenvalue weighted by Gasteiger charge is -2.34. The Morgan fingerprint density at radius 1 is 0.939 bits per heavy atom. The van der Waals surface area contributed by atoms with Crippen molar-refractivity contribution in [3.05, 3.63) is 70.8 Å². The Morgan fingerprint density at radius 2 is 1.41 bits per heavy atom. The molecule has 1 saturated heterocycles. The Hall–Kier alpha value is -3.12. The van der Waals surface area contributed by atoms with Crippen LogP contribution in [-0.4, -0.2) is 101 Å². The number of carbonyl (C=O) groups excluding carboxylic acids is 1. The van der Waals surface area contributed by atoms with Gasteiger partial charge in [0, 0.05) is 18.2 Å². The number of rotatable bonds is 13. The second kappa shape index (κ2) is 24.1. The largest absolute Gasteiger partial charge is 0.437 e. The Labute approximate surface area is 296 Å². The molecule has 0 saturated carbocycles. The van der Waals surface area contributed by atoms with Crippen LogP contribution in [0.15, 0.2) is 48.5 Å². The van der Waals surface area contributed by atoms with Crippen molar-refractivity contribution in [3.8, 4) is 23.7 Å². The summed E-state index contributed by atoms with van der Waals surface area (Å²) in [5, 5.41) is 48.3. The number of nitrogens with one attached hydrogen (secondary N) is 1. The van der Waals surface area contributed by atoms with Gasteiger partial charge in [0.1, 0.15) is 17.9 Å². The van der Waals surface area contributed by atoms with E-state index in [-0.39, 0.29) is 13.2 Å². The standard InChI is InChI=1S/C20H26BNO3.C17H26BNO3.CH4O/c1-4-5-6-7-15-8-10-16(11-9-15)12-13-18(23)17-14-25-20(2,3)22(17)19(21)24;1-3-4-5-6-14-7-9-15(10-8-14)11-12-17(21)16(13-20)19-18(2)22;1-2/h8-11,17-18,23H,4-7,14H2,1-3H3;7-10,16-17,19-22H,3-6,13H2,1-2H3;2H,1H3/t17?,18-;16-,17+;/m01./s1. The van der Waals surface area contributed by atoms with E-state index in [4.69, 9.17) is 17.7 Å². The summed E-state index contributed by atoms with van der Waals surface area (Å²) in [4.78, 5) is 13.0. The molecule has 4 atom stereocenters. The molecule has 1 aliphatic rings. The molecule has 0 spiro atoms. The molecule has 1 aliphatic heterocycles. The minimum Gasteiger partial charge on any atom is -0.437 e. The van der Waals surface area contributed by atoms with E-state index in [9.17, 15) is 25.1 Å². The summed E-state index contributed by atoms with van der Waals surface area (Å²) in [6, 6.07) is 14.8. The van der Waals surface area contributed by atoms with E-state index in [0.29, 0.717) is 0 Å².